The molecule has 0 aliphatic carbocycles. The molecule has 0 spiro atoms. The number of carbonyl (C=O) groups excluding carboxylic acids is 1. The Bertz CT molecular complexity index is 1950. The number of carbonyl (C=O) groups is 1. The fraction of sp³-hybridized carbons (Fsp3) is 0.286. The second-order valence-corrected chi connectivity index (χ2v) is 14.2. The van der Waals surface area contributed by atoms with E-state index < -0.39 is 67.6 Å². The van der Waals surface area contributed by atoms with Crippen molar-refractivity contribution in [3.05, 3.63) is 71.3 Å². The summed E-state index contributed by atoms with van der Waals surface area (Å²) < 4.78 is 97.7. The Morgan fingerprint density at radius 3 is 2.23 bits per heavy atom. The third kappa shape index (κ3) is 6.38. The largest absolute Gasteiger partial charge is 0.457 e. The van der Waals surface area contributed by atoms with E-state index in [9.17, 15) is 26.0 Å². The van der Waals surface area contributed by atoms with Crippen LogP contribution < -0.4 is 14.5 Å². The number of halogens is 2. The molecule has 234 valence electrons. The lowest BCUT2D eigenvalue weighted by atomic mass is 10.0. The summed E-state index contributed by atoms with van der Waals surface area (Å²) in [5.74, 6) is -2.60. The van der Waals surface area contributed by atoms with Gasteiger partial charge in [-0.05, 0) is 55.5 Å². The maximum absolute atomic E-state index is 16.5. The van der Waals surface area contributed by atoms with Crippen molar-refractivity contribution in [2.45, 2.75) is 19.1 Å². The molecule has 0 bridgehead atoms. The fourth-order valence-electron chi connectivity index (χ4n) is 4.91. The number of hydroxylamine groups is 1. The van der Waals surface area contributed by atoms with Gasteiger partial charge in [-0.1, -0.05) is 0 Å². The van der Waals surface area contributed by atoms with E-state index in [1.807, 2.05) is 0 Å². The van der Waals surface area contributed by atoms with E-state index in [2.05, 4.69) is 10.5 Å². The van der Waals surface area contributed by atoms with Crippen LogP contribution in [0.15, 0.2) is 52.9 Å². The molecule has 0 unspecified atom stereocenters. The van der Waals surface area contributed by atoms with Gasteiger partial charge in [-0.3, -0.25) is 13.9 Å². The zero-order valence-corrected chi connectivity index (χ0v) is 25.5. The number of amides is 1. The van der Waals surface area contributed by atoms with Crippen LogP contribution in [0.2, 0.25) is 0 Å². The fourth-order valence-corrected chi connectivity index (χ4v) is 6.66. The number of anilines is 1. The SMILES string of the molecule is CONC(=O)c1c(-c2ccc(Oc3ccc(F)cc3)cc2)oc2nc3c(c(F)c12)[C@H](C)O[C@H](CS(C)(=O)=O)CN3S(C)(=O)=O. The monoisotopic (exact) mass is 651 g/mol. The number of furan rings is 1. The third-order valence-electron chi connectivity index (χ3n) is 6.68. The van der Waals surface area contributed by atoms with Gasteiger partial charge in [0, 0.05) is 11.8 Å². The second-order valence-electron chi connectivity index (χ2n) is 10.2. The average molecular weight is 652 g/mol. The Kier molecular flexibility index (Phi) is 8.37. The molecule has 2 aromatic heterocycles. The predicted molar refractivity (Wildman–Crippen MR) is 156 cm³/mol. The highest BCUT2D eigenvalue weighted by Crippen LogP contribution is 2.42. The highest BCUT2D eigenvalue weighted by molar-refractivity contribution is 7.92. The molecule has 44 heavy (non-hydrogen) atoms. The number of nitrogens with one attached hydrogen (secondary N) is 1. The molecule has 2 atom stereocenters. The highest BCUT2D eigenvalue weighted by atomic mass is 32.2. The molecule has 0 saturated heterocycles. The van der Waals surface area contributed by atoms with Crippen LogP contribution >= 0.6 is 0 Å². The summed E-state index contributed by atoms with van der Waals surface area (Å²) in [6.45, 7) is 0.966. The highest BCUT2D eigenvalue weighted by Gasteiger charge is 2.39. The molecule has 4 aromatic rings. The van der Waals surface area contributed by atoms with Crippen molar-refractivity contribution in [3.63, 3.8) is 0 Å². The Balaban J connectivity index is 1.66. The minimum atomic E-state index is -4.12. The number of aromatic nitrogens is 1. The molecule has 1 amide bonds. The number of fused-ring (bicyclic) bond motifs is 2. The lowest BCUT2D eigenvalue weighted by Gasteiger charge is -2.23. The number of sulfonamides is 1. The van der Waals surface area contributed by atoms with E-state index in [1.165, 1.54) is 50.4 Å². The van der Waals surface area contributed by atoms with E-state index in [4.69, 9.17) is 18.7 Å². The Morgan fingerprint density at radius 2 is 1.66 bits per heavy atom. The molecule has 0 saturated carbocycles. The van der Waals surface area contributed by atoms with E-state index in [1.54, 1.807) is 12.1 Å². The molecule has 1 N–H and O–H groups in total. The van der Waals surface area contributed by atoms with Gasteiger partial charge in [0.2, 0.25) is 15.7 Å². The maximum Gasteiger partial charge on any atom is 0.279 e. The first-order chi connectivity index (χ1) is 20.7. The second kappa shape index (κ2) is 11.8. The van der Waals surface area contributed by atoms with Crippen LogP contribution in [0.1, 0.15) is 28.9 Å². The molecule has 1 aliphatic rings. The molecule has 0 fully saturated rings. The maximum atomic E-state index is 16.5. The summed E-state index contributed by atoms with van der Waals surface area (Å²) in [6.07, 6.45) is -0.467. The Morgan fingerprint density at radius 1 is 1.05 bits per heavy atom. The van der Waals surface area contributed by atoms with E-state index in [0.29, 0.717) is 17.1 Å². The van der Waals surface area contributed by atoms with Crippen molar-refractivity contribution in [1.29, 1.82) is 0 Å². The number of rotatable bonds is 8. The summed E-state index contributed by atoms with van der Waals surface area (Å²) in [6, 6.07) is 11.5. The summed E-state index contributed by atoms with van der Waals surface area (Å²) in [7, 11) is -6.55. The number of hydrogen-bond acceptors (Lipinski definition) is 10. The van der Waals surface area contributed by atoms with Crippen LogP contribution in [0.4, 0.5) is 14.6 Å². The van der Waals surface area contributed by atoms with Crippen molar-refractivity contribution in [2.75, 3.05) is 36.2 Å². The zero-order chi connectivity index (χ0) is 32.0. The summed E-state index contributed by atoms with van der Waals surface area (Å²) in [5, 5.41) is -0.370. The number of hydrogen-bond donors (Lipinski definition) is 1. The number of sulfone groups is 1. The van der Waals surface area contributed by atoms with Crippen LogP contribution in [-0.2, 0) is 29.4 Å². The minimum absolute atomic E-state index is 0.108. The first-order valence-corrected chi connectivity index (χ1v) is 16.9. The standard InChI is InChI=1S/C28H27F2N3O9S2/c1-15-21-24(30)22-23(27(34)32-39-2)25(16-5-9-18(10-6-16)41-19-11-7-17(29)8-12-19)42-28(22)31-26(21)33(44(4,37)38)13-20(40-15)14-43(3,35)36/h5-12,15,20H,13-14H2,1-4H3,(H,32,34)/t15-,20-/m0/s1. The van der Waals surface area contributed by atoms with Gasteiger partial charge >= 0.3 is 0 Å². The van der Waals surface area contributed by atoms with E-state index in [-0.39, 0.29) is 28.1 Å². The molecule has 16 heteroatoms. The van der Waals surface area contributed by atoms with Crippen molar-refractivity contribution in [2.24, 2.45) is 0 Å². The zero-order valence-electron chi connectivity index (χ0n) is 23.8. The molecule has 0 radical (unpaired) electrons. The lowest BCUT2D eigenvalue weighted by molar-refractivity contribution is 0.0177. The number of benzene rings is 2. The summed E-state index contributed by atoms with van der Waals surface area (Å²) in [4.78, 5) is 22.3. The van der Waals surface area contributed by atoms with Crippen molar-refractivity contribution in [1.82, 2.24) is 10.5 Å². The first kappa shape index (κ1) is 31.3. The van der Waals surface area contributed by atoms with Gasteiger partial charge in [-0.25, -0.2) is 31.1 Å². The van der Waals surface area contributed by atoms with Gasteiger partial charge in [-0.2, -0.15) is 4.98 Å². The van der Waals surface area contributed by atoms with Crippen LogP contribution in [0.3, 0.4) is 0 Å². The Labute approximate surface area is 251 Å². The van der Waals surface area contributed by atoms with Gasteiger partial charge in [0.1, 0.15) is 38.5 Å². The molecular weight excluding hydrogens is 624 g/mol. The van der Waals surface area contributed by atoms with Crippen molar-refractivity contribution >= 4 is 42.7 Å². The topological polar surface area (TPSA) is 154 Å². The van der Waals surface area contributed by atoms with Gasteiger partial charge in [0.25, 0.3) is 5.91 Å². The molecule has 5 rings (SSSR count). The van der Waals surface area contributed by atoms with Crippen molar-refractivity contribution in [3.8, 4) is 22.8 Å². The van der Waals surface area contributed by atoms with Gasteiger partial charge in [0.05, 0.1) is 48.8 Å². The van der Waals surface area contributed by atoms with Gasteiger partial charge < -0.3 is 13.9 Å². The molecule has 3 heterocycles. The Hall–Kier alpha value is -4.12. The minimum Gasteiger partial charge on any atom is -0.457 e. The smallest absolute Gasteiger partial charge is 0.279 e. The molecular formula is C28H27F2N3O9S2. The number of pyridine rings is 1. The van der Waals surface area contributed by atoms with Crippen LogP contribution in [0.5, 0.6) is 11.5 Å². The molecule has 2 aromatic carbocycles. The third-order valence-corrected chi connectivity index (χ3v) is 8.78. The molecule has 12 nitrogen and oxygen atoms in total. The number of ether oxygens (including phenoxy) is 2. The van der Waals surface area contributed by atoms with E-state index >= 15 is 4.39 Å². The van der Waals surface area contributed by atoms with E-state index in [0.717, 1.165) is 16.8 Å². The quantitative estimate of drug-likeness (QED) is 0.275. The molecule has 1 aliphatic heterocycles. The lowest BCUT2D eigenvalue weighted by Crippen LogP contribution is -2.40. The van der Waals surface area contributed by atoms with Gasteiger partial charge in [0.15, 0.2) is 11.6 Å². The van der Waals surface area contributed by atoms with Crippen LogP contribution in [0, 0.1) is 11.6 Å². The first-order valence-electron chi connectivity index (χ1n) is 13.0. The normalized spacial score (nSPS) is 17.3. The summed E-state index contributed by atoms with van der Waals surface area (Å²) >= 11 is 0. The number of nitrogens with zero attached hydrogens (tertiary/aromatic N) is 2. The summed E-state index contributed by atoms with van der Waals surface area (Å²) in [5.41, 5.74) is 1.45. The van der Waals surface area contributed by atoms with Gasteiger partial charge in [-0.15, -0.1) is 0 Å². The van der Waals surface area contributed by atoms with Crippen LogP contribution in [0.25, 0.3) is 22.4 Å². The average Bonchev–Trinajstić information content (AvgIpc) is 3.25. The van der Waals surface area contributed by atoms with Crippen LogP contribution in [-0.4, -0.2) is 65.7 Å². The predicted octanol–water partition coefficient (Wildman–Crippen LogP) is 4.13. The van der Waals surface area contributed by atoms with Crippen molar-refractivity contribution < 1.29 is 49.1 Å².